The standard InChI is InChI=1S/C17H12N2OS2/c20-16-15(11-13-7-3-1-4-8-13)22-17(21)19(16)18-12-14-9-5-2-6-10-14/h1-12H/b15-11+,18-12-. The smallest absolute Gasteiger partial charge is 0.266 e. The fourth-order valence-corrected chi connectivity index (χ4v) is 3.10. The van der Waals surface area contributed by atoms with Gasteiger partial charge in [-0.05, 0) is 29.4 Å². The fourth-order valence-electron chi connectivity index (χ4n) is 1.92. The first kappa shape index (κ1) is 14.7. The van der Waals surface area contributed by atoms with Crippen molar-refractivity contribution in [1.29, 1.82) is 0 Å². The van der Waals surface area contributed by atoms with Gasteiger partial charge in [0.15, 0.2) is 4.32 Å². The summed E-state index contributed by atoms with van der Waals surface area (Å²) in [6, 6.07) is 19.3. The number of thioether (sulfide) groups is 1. The molecule has 0 atom stereocenters. The van der Waals surface area contributed by atoms with Gasteiger partial charge in [0.25, 0.3) is 5.91 Å². The molecule has 2 aromatic rings. The molecule has 108 valence electrons. The summed E-state index contributed by atoms with van der Waals surface area (Å²) in [6.45, 7) is 0. The molecule has 0 saturated carbocycles. The van der Waals surface area contributed by atoms with E-state index in [-0.39, 0.29) is 5.91 Å². The zero-order valence-corrected chi connectivity index (χ0v) is 13.2. The number of hydrogen-bond donors (Lipinski definition) is 0. The summed E-state index contributed by atoms with van der Waals surface area (Å²) in [7, 11) is 0. The van der Waals surface area contributed by atoms with Crippen molar-refractivity contribution >= 4 is 46.5 Å². The zero-order chi connectivity index (χ0) is 15.4. The van der Waals surface area contributed by atoms with E-state index in [1.54, 1.807) is 6.21 Å². The summed E-state index contributed by atoms with van der Waals surface area (Å²) in [5.74, 6) is -0.189. The quantitative estimate of drug-likeness (QED) is 0.487. The number of benzene rings is 2. The Morgan fingerprint density at radius 1 is 0.955 bits per heavy atom. The zero-order valence-electron chi connectivity index (χ0n) is 11.5. The predicted molar refractivity (Wildman–Crippen MR) is 95.5 cm³/mol. The van der Waals surface area contributed by atoms with E-state index in [1.807, 2.05) is 66.7 Å². The maximum Gasteiger partial charge on any atom is 0.286 e. The molecule has 0 unspecified atom stereocenters. The lowest BCUT2D eigenvalue weighted by molar-refractivity contribution is -0.122. The lowest BCUT2D eigenvalue weighted by Crippen LogP contribution is -2.22. The topological polar surface area (TPSA) is 32.7 Å². The summed E-state index contributed by atoms with van der Waals surface area (Å²) >= 11 is 6.51. The molecular formula is C17H12N2OS2. The molecule has 1 aliphatic heterocycles. The molecule has 0 N–H and O–H groups in total. The number of amides is 1. The van der Waals surface area contributed by atoms with Crippen molar-refractivity contribution in [2.75, 3.05) is 0 Å². The number of carbonyl (C=O) groups is 1. The van der Waals surface area contributed by atoms with Crippen LogP contribution in [0.25, 0.3) is 6.08 Å². The Balaban J connectivity index is 1.80. The molecule has 1 amide bonds. The molecule has 0 aliphatic carbocycles. The molecule has 1 heterocycles. The predicted octanol–water partition coefficient (Wildman–Crippen LogP) is 3.92. The van der Waals surface area contributed by atoms with Crippen molar-refractivity contribution in [3.05, 3.63) is 76.7 Å². The number of hydrogen-bond acceptors (Lipinski definition) is 4. The van der Waals surface area contributed by atoms with Crippen LogP contribution in [-0.2, 0) is 4.79 Å². The first-order valence-electron chi connectivity index (χ1n) is 6.66. The van der Waals surface area contributed by atoms with Gasteiger partial charge in [-0.1, -0.05) is 72.4 Å². The van der Waals surface area contributed by atoms with Crippen LogP contribution in [-0.4, -0.2) is 21.5 Å². The third-order valence-corrected chi connectivity index (χ3v) is 4.28. The van der Waals surface area contributed by atoms with Crippen LogP contribution in [0.2, 0.25) is 0 Å². The number of carbonyl (C=O) groups excluding carboxylic acids is 1. The molecule has 0 spiro atoms. The van der Waals surface area contributed by atoms with Gasteiger partial charge < -0.3 is 0 Å². The summed E-state index contributed by atoms with van der Waals surface area (Å²) in [5.41, 5.74) is 1.89. The van der Waals surface area contributed by atoms with Gasteiger partial charge in [-0.15, -0.1) is 0 Å². The monoisotopic (exact) mass is 324 g/mol. The number of rotatable bonds is 3. The highest BCUT2D eigenvalue weighted by Gasteiger charge is 2.31. The van der Waals surface area contributed by atoms with Crippen LogP contribution in [0.1, 0.15) is 11.1 Å². The highest BCUT2D eigenvalue weighted by molar-refractivity contribution is 8.26. The highest BCUT2D eigenvalue weighted by atomic mass is 32.2. The summed E-state index contributed by atoms with van der Waals surface area (Å²) in [5, 5.41) is 5.47. The Morgan fingerprint density at radius 2 is 1.55 bits per heavy atom. The van der Waals surface area contributed by atoms with Crippen LogP contribution in [0.4, 0.5) is 0 Å². The van der Waals surface area contributed by atoms with E-state index >= 15 is 0 Å². The van der Waals surface area contributed by atoms with E-state index in [1.165, 1.54) is 16.8 Å². The average molecular weight is 324 g/mol. The molecular weight excluding hydrogens is 312 g/mol. The van der Waals surface area contributed by atoms with E-state index in [9.17, 15) is 4.79 Å². The third kappa shape index (κ3) is 3.32. The summed E-state index contributed by atoms with van der Waals surface area (Å²) in [6.07, 6.45) is 3.47. The minimum atomic E-state index is -0.189. The van der Waals surface area contributed by atoms with Crippen LogP contribution < -0.4 is 0 Å². The Bertz CT molecular complexity index is 755. The van der Waals surface area contributed by atoms with Crippen LogP contribution in [0.15, 0.2) is 70.7 Å². The molecule has 1 saturated heterocycles. The minimum absolute atomic E-state index is 0.189. The average Bonchev–Trinajstić information content (AvgIpc) is 2.81. The van der Waals surface area contributed by atoms with Gasteiger partial charge in [0.2, 0.25) is 0 Å². The normalized spacial score (nSPS) is 16.9. The molecule has 0 radical (unpaired) electrons. The maximum atomic E-state index is 12.4. The van der Waals surface area contributed by atoms with E-state index in [0.717, 1.165) is 11.1 Å². The SMILES string of the molecule is O=C1/C(=C\c2ccccc2)SC(=S)N1/N=C\c1ccccc1. The fraction of sp³-hybridized carbons (Fsp3) is 0. The molecule has 0 bridgehead atoms. The molecule has 2 aromatic carbocycles. The van der Waals surface area contributed by atoms with Crippen molar-refractivity contribution in [3.63, 3.8) is 0 Å². The minimum Gasteiger partial charge on any atom is -0.266 e. The van der Waals surface area contributed by atoms with Crippen molar-refractivity contribution in [2.24, 2.45) is 5.10 Å². The second-order valence-electron chi connectivity index (χ2n) is 4.56. The summed E-state index contributed by atoms with van der Waals surface area (Å²) in [4.78, 5) is 13.0. The van der Waals surface area contributed by atoms with Gasteiger partial charge >= 0.3 is 0 Å². The third-order valence-electron chi connectivity index (χ3n) is 2.99. The van der Waals surface area contributed by atoms with E-state index in [4.69, 9.17) is 12.2 Å². The second-order valence-corrected chi connectivity index (χ2v) is 6.24. The molecule has 0 aromatic heterocycles. The first-order valence-corrected chi connectivity index (χ1v) is 7.88. The van der Waals surface area contributed by atoms with Crippen molar-refractivity contribution in [3.8, 4) is 0 Å². The van der Waals surface area contributed by atoms with Crippen molar-refractivity contribution < 1.29 is 4.79 Å². The van der Waals surface area contributed by atoms with Gasteiger partial charge in [0.05, 0.1) is 11.1 Å². The number of thiocarbonyl (C=S) groups is 1. The van der Waals surface area contributed by atoms with Gasteiger partial charge in [0.1, 0.15) is 0 Å². The molecule has 1 fully saturated rings. The van der Waals surface area contributed by atoms with Gasteiger partial charge in [-0.25, -0.2) is 0 Å². The lowest BCUT2D eigenvalue weighted by Gasteiger charge is -2.05. The van der Waals surface area contributed by atoms with Crippen LogP contribution >= 0.6 is 24.0 Å². The summed E-state index contributed by atoms with van der Waals surface area (Å²) < 4.78 is 0.444. The lowest BCUT2D eigenvalue weighted by atomic mass is 10.2. The Kier molecular flexibility index (Phi) is 4.46. The van der Waals surface area contributed by atoms with Gasteiger partial charge in [-0.3, -0.25) is 4.79 Å². The largest absolute Gasteiger partial charge is 0.286 e. The van der Waals surface area contributed by atoms with Crippen LogP contribution in [0.3, 0.4) is 0 Å². The molecule has 3 nitrogen and oxygen atoms in total. The van der Waals surface area contributed by atoms with E-state index in [0.29, 0.717) is 9.23 Å². The first-order chi connectivity index (χ1) is 10.7. The van der Waals surface area contributed by atoms with E-state index < -0.39 is 0 Å². The number of nitrogens with zero attached hydrogens (tertiary/aromatic N) is 2. The molecule has 22 heavy (non-hydrogen) atoms. The van der Waals surface area contributed by atoms with Gasteiger partial charge in [-0.2, -0.15) is 10.1 Å². The number of hydrazone groups is 1. The van der Waals surface area contributed by atoms with Crippen LogP contribution in [0, 0.1) is 0 Å². The van der Waals surface area contributed by atoms with Crippen LogP contribution in [0.5, 0.6) is 0 Å². The molecule has 1 aliphatic rings. The maximum absolute atomic E-state index is 12.4. The second kappa shape index (κ2) is 6.68. The molecule has 3 rings (SSSR count). The van der Waals surface area contributed by atoms with Crippen molar-refractivity contribution in [1.82, 2.24) is 5.01 Å². The highest BCUT2D eigenvalue weighted by Crippen LogP contribution is 2.32. The van der Waals surface area contributed by atoms with E-state index in [2.05, 4.69) is 5.10 Å². The Morgan fingerprint density at radius 3 is 2.18 bits per heavy atom. The Labute approximate surface area is 138 Å². The molecule has 5 heteroatoms. The Hall–Kier alpha value is -2.24. The van der Waals surface area contributed by atoms with Gasteiger partial charge in [0, 0.05) is 0 Å². The van der Waals surface area contributed by atoms with Crippen molar-refractivity contribution in [2.45, 2.75) is 0 Å².